The highest BCUT2D eigenvalue weighted by molar-refractivity contribution is 5.21. The zero-order valence-corrected chi connectivity index (χ0v) is 11.3. The number of methoxy groups -OCH3 is 1. The van der Waals surface area contributed by atoms with Gasteiger partial charge in [-0.2, -0.15) is 0 Å². The molecular formula is C14H22N2O2. The van der Waals surface area contributed by atoms with Gasteiger partial charge in [0.25, 0.3) is 0 Å². The van der Waals surface area contributed by atoms with Crippen LogP contribution in [0.5, 0.6) is 0 Å². The molecule has 3 atom stereocenters. The van der Waals surface area contributed by atoms with Crippen molar-refractivity contribution in [1.82, 2.24) is 10.3 Å². The van der Waals surface area contributed by atoms with Crippen molar-refractivity contribution >= 4 is 0 Å². The molecule has 4 heteroatoms. The summed E-state index contributed by atoms with van der Waals surface area (Å²) in [5.74, 6) is 0. The van der Waals surface area contributed by atoms with Crippen LogP contribution in [-0.2, 0) is 16.0 Å². The van der Waals surface area contributed by atoms with Crippen LogP contribution in [0.25, 0.3) is 0 Å². The zero-order valence-electron chi connectivity index (χ0n) is 11.3. The van der Waals surface area contributed by atoms with E-state index in [-0.39, 0.29) is 12.2 Å². The molecule has 0 amide bonds. The topological polar surface area (TPSA) is 43.4 Å². The number of aromatic nitrogens is 1. The van der Waals surface area contributed by atoms with Crippen molar-refractivity contribution in [2.45, 2.75) is 45.1 Å². The largest absolute Gasteiger partial charge is 0.377 e. The Kier molecular flexibility index (Phi) is 4.69. The highest BCUT2D eigenvalue weighted by Gasteiger charge is 2.41. The van der Waals surface area contributed by atoms with Crippen molar-refractivity contribution < 1.29 is 9.47 Å². The summed E-state index contributed by atoms with van der Waals surface area (Å²) in [5, 5.41) is 3.52. The Balaban J connectivity index is 1.83. The third-order valence-corrected chi connectivity index (χ3v) is 3.60. The summed E-state index contributed by atoms with van der Waals surface area (Å²) in [7, 11) is 1.75. The van der Waals surface area contributed by atoms with Gasteiger partial charge in [0.15, 0.2) is 0 Å². The molecule has 1 aromatic heterocycles. The van der Waals surface area contributed by atoms with E-state index in [0.717, 1.165) is 19.6 Å². The molecule has 1 aliphatic carbocycles. The first-order valence-electron chi connectivity index (χ1n) is 6.53. The number of nitrogens with one attached hydrogen (secondary N) is 1. The van der Waals surface area contributed by atoms with Gasteiger partial charge in [-0.3, -0.25) is 4.98 Å². The van der Waals surface area contributed by atoms with Crippen molar-refractivity contribution in [2.75, 3.05) is 13.7 Å². The van der Waals surface area contributed by atoms with E-state index in [1.807, 2.05) is 25.4 Å². The minimum atomic E-state index is 0.168. The van der Waals surface area contributed by atoms with E-state index >= 15 is 0 Å². The molecule has 100 valence electrons. The molecule has 18 heavy (non-hydrogen) atoms. The fourth-order valence-electron chi connectivity index (χ4n) is 2.40. The van der Waals surface area contributed by atoms with Gasteiger partial charge in [0.05, 0.1) is 12.2 Å². The lowest BCUT2D eigenvalue weighted by atomic mass is 9.85. The third kappa shape index (κ3) is 2.88. The van der Waals surface area contributed by atoms with Gasteiger partial charge in [0.2, 0.25) is 0 Å². The van der Waals surface area contributed by atoms with Crippen LogP contribution in [0.1, 0.15) is 24.5 Å². The van der Waals surface area contributed by atoms with Crippen LogP contribution < -0.4 is 5.32 Å². The summed E-state index contributed by atoms with van der Waals surface area (Å²) in [4.78, 5) is 4.15. The van der Waals surface area contributed by atoms with Crippen LogP contribution >= 0.6 is 0 Å². The summed E-state index contributed by atoms with van der Waals surface area (Å²) in [6, 6.07) is 2.42. The fraction of sp³-hybridized carbons (Fsp3) is 0.643. The highest BCUT2D eigenvalue weighted by atomic mass is 16.5. The predicted octanol–water partition coefficient (Wildman–Crippen LogP) is 1.67. The first kappa shape index (κ1) is 13.5. The van der Waals surface area contributed by atoms with E-state index in [0.29, 0.717) is 6.04 Å². The van der Waals surface area contributed by atoms with E-state index in [1.54, 1.807) is 7.11 Å². The maximum atomic E-state index is 5.61. The summed E-state index contributed by atoms with van der Waals surface area (Å²) in [5.41, 5.74) is 2.51. The Morgan fingerprint density at radius 1 is 1.50 bits per heavy atom. The van der Waals surface area contributed by atoms with Gasteiger partial charge in [-0.05, 0) is 37.5 Å². The van der Waals surface area contributed by atoms with Crippen molar-refractivity contribution in [2.24, 2.45) is 0 Å². The minimum absolute atomic E-state index is 0.168. The molecule has 1 heterocycles. The number of ether oxygens (including phenoxy) is 2. The van der Waals surface area contributed by atoms with Gasteiger partial charge in [0.1, 0.15) is 0 Å². The smallest absolute Gasteiger partial charge is 0.0986 e. The van der Waals surface area contributed by atoms with Crippen LogP contribution in [0, 0.1) is 6.92 Å². The summed E-state index contributed by atoms with van der Waals surface area (Å²) < 4.78 is 11.1. The number of pyridine rings is 1. The van der Waals surface area contributed by atoms with E-state index < -0.39 is 0 Å². The molecule has 1 saturated carbocycles. The van der Waals surface area contributed by atoms with E-state index in [4.69, 9.17) is 9.47 Å². The van der Waals surface area contributed by atoms with Crippen LogP contribution in [0.3, 0.4) is 0 Å². The van der Waals surface area contributed by atoms with Crippen LogP contribution in [0.2, 0.25) is 0 Å². The van der Waals surface area contributed by atoms with Gasteiger partial charge in [-0.15, -0.1) is 0 Å². The molecule has 3 unspecified atom stereocenters. The first-order valence-corrected chi connectivity index (χ1v) is 6.53. The summed E-state index contributed by atoms with van der Waals surface area (Å²) in [6.07, 6.45) is 5.18. The Bertz CT molecular complexity index is 384. The highest BCUT2D eigenvalue weighted by Crippen LogP contribution is 2.27. The lowest BCUT2D eigenvalue weighted by Crippen LogP contribution is -2.59. The van der Waals surface area contributed by atoms with Crippen molar-refractivity contribution in [1.29, 1.82) is 0 Å². The number of hydrogen-bond donors (Lipinski definition) is 1. The Morgan fingerprint density at radius 3 is 3.00 bits per heavy atom. The molecule has 1 fully saturated rings. The molecule has 1 aliphatic rings. The van der Waals surface area contributed by atoms with Gasteiger partial charge in [-0.1, -0.05) is 0 Å². The average molecular weight is 250 g/mol. The Labute approximate surface area is 109 Å². The van der Waals surface area contributed by atoms with Crippen LogP contribution in [0.4, 0.5) is 0 Å². The predicted molar refractivity (Wildman–Crippen MR) is 70.4 cm³/mol. The second kappa shape index (κ2) is 6.27. The van der Waals surface area contributed by atoms with Gasteiger partial charge in [0, 0.05) is 38.7 Å². The molecule has 2 rings (SSSR count). The monoisotopic (exact) mass is 250 g/mol. The van der Waals surface area contributed by atoms with E-state index in [2.05, 4.69) is 17.2 Å². The first-order chi connectivity index (χ1) is 8.76. The van der Waals surface area contributed by atoms with Crippen LogP contribution in [0.15, 0.2) is 18.5 Å². The normalized spacial score (nSPS) is 26.9. The standard InChI is InChI=1S/C14H22N2O2/c1-4-18-13-7-12(14(13)17-3)16-9-11-8-15-6-5-10(11)2/h5-6,8,12-14,16H,4,7,9H2,1-3H3. The second-order valence-electron chi connectivity index (χ2n) is 4.72. The summed E-state index contributed by atoms with van der Waals surface area (Å²) >= 11 is 0. The van der Waals surface area contributed by atoms with E-state index in [1.165, 1.54) is 11.1 Å². The van der Waals surface area contributed by atoms with Crippen molar-refractivity contribution in [3.05, 3.63) is 29.6 Å². The lowest BCUT2D eigenvalue weighted by Gasteiger charge is -2.43. The SMILES string of the molecule is CCOC1CC(NCc2cnccc2C)C1OC. The van der Waals surface area contributed by atoms with E-state index in [9.17, 15) is 0 Å². The molecule has 1 N–H and O–H groups in total. The molecule has 0 saturated heterocycles. The molecule has 1 aromatic rings. The van der Waals surface area contributed by atoms with Gasteiger partial charge < -0.3 is 14.8 Å². The fourth-order valence-corrected chi connectivity index (χ4v) is 2.40. The molecule has 0 aromatic carbocycles. The third-order valence-electron chi connectivity index (χ3n) is 3.60. The van der Waals surface area contributed by atoms with Crippen LogP contribution in [-0.4, -0.2) is 37.0 Å². The molecule has 0 spiro atoms. The molecule has 0 bridgehead atoms. The van der Waals surface area contributed by atoms with Crippen molar-refractivity contribution in [3.63, 3.8) is 0 Å². The van der Waals surface area contributed by atoms with Crippen molar-refractivity contribution in [3.8, 4) is 0 Å². The molecule has 4 nitrogen and oxygen atoms in total. The van der Waals surface area contributed by atoms with Gasteiger partial charge in [-0.25, -0.2) is 0 Å². The number of hydrogen-bond acceptors (Lipinski definition) is 4. The maximum Gasteiger partial charge on any atom is 0.0986 e. The number of aryl methyl sites for hydroxylation is 1. The Morgan fingerprint density at radius 2 is 2.33 bits per heavy atom. The average Bonchev–Trinajstić information content (AvgIpc) is 2.35. The number of rotatable bonds is 6. The molecule has 0 radical (unpaired) electrons. The minimum Gasteiger partial charge on any atom is -0.377 e. The number of nitrogens with zero attached hydrogens (tertiary/aromatic N) is 1. The Hall–Kier alpha value is -0.970. The summed E-state index contributed by atoms with van der Waals surface area (Å²) in [6.45, 7) is 5.71. The quantitative estimate of drug-likeness (QED) is 0.834. The lowest BCUT2D eigenvalue weighted by molar-refractivity contribution is -0.131. The molecular weight excluding hydrogens is 228 g/mol. The zero-order chi connectivity index (χ0) is 13.0. The van der Waals surface area contributed by atoms with Gasteiger partial charge >= 0.3 is 0 Å². The maximum absolute atomic E-state index is 5.61. The molecule has 0 aliphatic heterocycles. The second-order valence-corrected chi connectivity index (χ2v) is 4.72.